The summed E-state index contributed by atoms with van der Waals surface area (Å²) in [5.41, 5.74) is 22.2. The molecular weight excluding hydrogens is 468 g/mol. The van der Waals surface area contributed by atoms with Crippen LogP contribution in [0, 0.1) is 5.92 Å². The summed E-state index contributed by atoms with van der Waals surface area (Å²) >= 11 is 0. The molecule has 4 unspecified atom stereocenters. The lowest BCUT2D eigenvalue weighted by atomic mass is 10.0. The van der Waals surface area contributed by atoms with Crippen LogP contribution in [-0.2, 0) is 19.2 Å². The maximum atomic E-state index is 13.1. The van der Waals surface area contributed by atoms with E-state index in [4.69, 9.17) is 22.9 Å². The summed E-state index contributed by atoms with van der Waals surface area (Å²) in [6.45, 7) is 5.00. The zero-order chi connectivity index (χ0) is 27.3. The van der Waals surface area contributed by atoms with Crippen molar-refractivity contribution in [3.8, 4) is 0 Å². The van der Waals surface area contributed by atoms with Crippen molar-refractivity contribution < 1.29 is 24.3 Å². The van der Waals surface area contributed by atoms with E-state index in [1.54, 1.807) is 0 Å². The minimum absolute atomic E-state index is 0.0989. The average molecular weight is 513 g/mol. The molecule has 11 N–H and O–H groups in total. The number of carbonyl (C=O) groups excluding carboxylic acids is 3. The van der Waals surface area contributed by atoms with Crippen molar-refractivity contribution >= 4 is 29.7 Å². The zero-order valence-electron chi connectivity index (χ0n) is 21.4. The molecule has 0 aliphatic carbocycles. The molecule has 4 atom stereocenters. The van der Waals surface area contributed by atoms with E-state index in [1.807, 2.05) is 13.8 Å². The number of aliphatic imine (C=N–C) groups is 1. The molecule has 0 aromatic heterocycles. The van der Waals surface area contributed by atoms with Crippen LogP contribution in [0.15, 0.2) is 4.99 Å². The number of carboxylic acids is 1. The average Bonchev–Trinajstić information content (AvgIpc) is 3.29. The van der Waals surface area contributed by atoms with Gasteiger partial charge in [0, 0.05) is 13.1 Å². The van der Waals surface area contributed by atoms with Gasteiger partial charge in [-0.3, -0.25) is 19.4 Å². The van der Waals surface area contributed by atoms with Gasteiger partial charge >= 0.3 is 5.97 Å². The van der Waals surface area contributed by atoms with Crippen LogP contribution in [-0.4, -0.2) is 83.5 Å². The number of hydrogen-bond donors (Lipinski definition) is 7. The van der Waals surface area contributed by atoms with Crippen molar-refractivity contribution in [1.29, 1.82) is 0 Å². The zero-order valence-corrected chi connectivity index (χ0v) is 21.4. The van der Waals surface area contributed by atoms with Gasteiger partial charge in [0.2, 0.25) is 17.7 Å². The fraction of sp³-hybridized carbons (Fsp3) is 0.783. The smallest absolute Gasteiger partial charge is 0.326 e. The fourth-order valence-electron chi connectivity index (χ4n) is 4.19. The van der Waals surface area contributed by atoms with Crippen LogP contribution < -0.4 is 33.6 Å². The highest BCUT2D eigenvalue weighted by Gasteiger charge is 2.38. The molecule has 0 bridgehead atoms. The first kappa shape index (κ1) is 31.1. The van der Waals surface area contributed by atoms with E-state index in [2.05, 4.69) is 15.6 Å². The molecule has 0 aromatic carbocycles. The van der Waals surface area contributed by atoms with Gasteiger partial charge in [-0.25, -0.2) is 4.79 Å². The SMILES string of the molecule is CC(C)CC(N)C(=O)N1CCCC1C(=O)NC(CCCCN)C(=O)NC(CCCN=C(N)N)C(=O)O. The second kappa shape index (κ2) is 15.9. The summed E-state index contributed by atoms with van der Waals surface area (Å²) in [5.74, 6) is -2.41. The molecule has 1 aliphatic heterocycles. The monoisotopic (exact) mass is 512 g/mol. The number of carboxylic acid groups (broad SMARTS) is 1. The Morgan fingerprint density at radius 3 is 2.31 bits per heavy atom. The summed E-state index contributed by atoms with van der Waals surface area (Å²) in [5, 5.41) is 14.8. The Balaban J connectivity index is 2.88. The van der Waals surface area contributed by atoms with Gasteiger partial charge in [-0.15, -0.1) is 0 Å². The number of guanidine groups is 1. The maximum Gasteiger partial charge on any atom is 0.326 e. The molecule has 1 aliphatic rings. The number of nitrogens with one attached hydrogen (secondary N) is 2. The van der Waals surface area contributed by atoms with Gasteiger partial charge < -0.3 is 43.6 Å². The molecule has 0 aromatic rings. The van der Waals surface area contributed by atoms with E-state index in [0.717, 1.165) is 0 Å². The van der Waals surface area contributed by atoms with E-state index < -0.39 is 42.0 Å². The van der Waals surface area contributed by atoms with E-state index in [-0.39, 0.29) is 37.2 Å². The van der Waals surface area contributed by atoms with Crippen molar-refractivity contribution in [1.82, 2.24) is 15.5 Å². The fourth-order valence-corrected chi connectivity index (χ4v) is 4.19. The second-order valence-corrected chi connectivity index (χ2v) is 9.62. The molecule has 13 nitrogen and oxygen atoms in total. The highest BCUT2D eigenvalue weighted by Crippen LogP contribution is 2.20. The number of amides is 3. The number of rotatable bonds is 16. The third-order valence-corrected chi connectivity index (χ3v) is 6.02. The molecule has 1 fully saturated rings. The minimum Gasteiger partial charge on any atom is -0.480 e. The van der Waals surface area contributed by atoms with Gasteiger partial charge in [0.05, 0.1) is 6.04 Å². The van der Waals surface area contributed by atoms with E-state index in [9.17, 15) is 24.3 Å². The van der Waals surface area contributed by atoms with Crippen LogP contribution >= 0.6 is 0 Å². The highest BCUT2D eigenvalue weighted by molar-refractivity contribution is 5.94. The predicted molar refractivity (Wildman–Crippen MR) is 136 cm³/mol. The Bertz CT molecular complexity index is 772. The summed E-state index contributed by atoms with van der Waals surface area (Å²) < 4.78 is 0. The molecular formula is C23H44N8O5. The third kappa shape index (κ3) is 10.8. The molecule has 0 spiro atoms. The molecule has 1 rings (SSSR count). The number of aliphatic carboxylic acids is 1. The molecule has 0 radical (unpaired) electrons. The van der Waals surface area contributed by atoms with Gasteiger partial charge in [0.15, 0.2) is 5.96 Å². The molecule has 206 valence electrons. The van der Waals surface area contributed by atoms with Crippen molar-refractivity contribution in [3.63, 3.8) is 0 Å². The van der Waals surface area contributed by atoms with Crippen molar-refractivity contribution in [2.24, 2.45) is 33.8 Å². The summed E-state index contributed by atoms with van der Waals surface area (Å²) in [7, 11) is 0. The van der Waals surface area contributed by atoms with E-state index in [0.29, 0.717) is 51.6 Å². The Kier molecular flexibility index (Phi) is 13.8. The second-order valence-electron chi connectivity index (χ2n) is 9.62. The lowest BCUT2D eigenvalue weighted by Crippen LogP contribution is -2.56. The maximum absolute atomic E-state index is 13.1. The first-order valence-corrected chi connectivity index (χ1v) is 12.6. The Morgan fingerprint density at radius 1 is 1.06 bits per heavy atom. The summed E-state index contributed by atoms with van der Waals surface area (Å²) in [4.78, 5) is 56.0. The lowest BCUT2D eigenvalue weighted by molar-refractivity contribution is -0.143. The molecule has 0 saturated carbocycles. The molecule has 36 heavy (non-hydrogen) atoms. The van der Waals surface area contributed by atoms with Gasteiger partial charge in [-0.2, -0.15) is 0 Å². The van der Waals surface area contributed by atoms with Gasteiger partial charge in [-0.1, -0.05) is 13.8 Å². The van der Waals surface area contributed by atoms with Crippen LogP contribution in [0.1, 0.15) is 65.2 Å². The number of nitrogens with two attached hydrogens (primary N) is 4. The number of nitrogens with zero attached hydrogens (tertiary/aromatic N) is 2. The number of carbonyl (C=O) groups is 4. The standard InChI is InChI=1S/C23H44N8O5/c1-14(2)13-15(25)21(34)31-12-6-9-18(31)20(33)29-16(7-3-4-10-24)19(32)30-17(22(35)36)8-5-11-28-23(26)27/h14-18H,3-13,24-25H2,1-2H3,(H,29,33)(H,30,32)(H,35,36)(H4,26,27,28). The Hall–Kier alpha value is -2.93. The minimum atomic E-state index is -1.20. The van der Waals surface area contributed by atoms with Crippen molar-refractivity contribution in [2.45, 2.75) is 89.4 Å². The largest absolute Gasteiger partial charge is 0.480 e. The first-order valence-electron chi connectivity index (χ1n) is 12.6. The number of hydrogen-bond acceptors (Lipinski definition) is 7. The number of unbranched alkanes of at least 4 members (excludes halogenated alkanes) is 1. The van der Waals surface area contributed by atoms with Gasteiger partial charge in [0.25, 0.3) is 0 Å². The molecule has 1 saturated heterocycles. The highest BCUT2D eigenvalue weighted by atomic mass is 16.4. The lowest BCUT2D eigenvalue weighted by Gasteiger charge is -2.29. The predicted octanol–water partition coefficient (Wildman–Crippen LogP) is -1.41. The van der Waals surface area contributed by atoms with E-state index in [1.165, 1.54) is 4.90 Å². The molecule has 13 heteroatoms. The van der Waals surface area contributed by atoms with Crippen LogP contribution in [0.2, 0.25) is 0 Å². The number of likely N-dealkylation sites (tertiary alicyclic amines) is 1. The molecule has 1 heterocycles. The quantitative estimate of drug-likeness (QED) is 0.0729. The van der Waals surface area contributed by atoms with E-state index >= 15 is 0 Å². The molecule has 3 amide bonds. The van der Waals surface area contributed by atoms with Crippen LogP contribution in [0.3, 0.4) is 0 Å². The first-order chi connectivity index (χ1) is 17.0. The van der Waals surface area contributed by atoms with Gasteiger partial charge in [0.1, 0.15) is 18.1 Å². The van der Waals surface area contributed by atoms with Crippen molar-refractivity contribution in [2.75, 3.05) is 19.6 Å². The topological polar surface area (TPSA) is 232 Å². The van der Waals surface area contributed by atoms with Crippen LogP contribution in [0.25, 0.3) is 0 Å². The Labute approximate surface area is 212 Å². The van der Waals surface area contributed by atoms with Gasteiger partial charge in [-0.05, 0) is 63.8 Å². The summed E-state index contributed by atoms with van der Waals surface area (Å²) in [6.07, 6.45) is 3.55. The normalized spacial score (nSPS) is 17.8. The van der Waals surface area contributed by atoms with Crippen LogP contribution in [0.5, 0.6) is 0 Å². The van der Waals surface area contributed by atoms with Crippen molar-refractivity contribution in [3.05, 3.63) is 0 Å². The third-order valence-electron chi connectivity index (χ3n) is 6.02. The Morgan fingerprint density at radius 2 is 1.72 bits per heavy atom. The van der Waals surface area contributed by atoms with Crippen LogP contribution in [0.4, 0.5) is 0 Å². The summed E-state index contributed by atoms with van der Waals surface area (Å²) in [6, 6.07) is -3.56.